The Hall–Kier alpha value is -1.13. The van der Waals surface area contributed by atoms with Crippen LogP contribution in [0.3, 0.4) is 0 Å². The summed E-state index contributed by atoms with van der Waals surface area (Å²) >= 11 is 5.95. The summed E-state index contributed by atoms with van der Waals surface area (Å²) in [6.45, 7) is 2.01. The van der Waals surface area contributed by atoms with Crippen molar-refractivity contribution in [3.8, 4) is 6.07 Å². The smallest absolute Gasteiger partial charge is 0.242 e. The third-order valence-electron chi connectivity index (χ3n) is 3.62. The van der Waals surface area contributed by atoms with Crippen LogP contribution in [0.4, 0.5) is 0 Å². The fraction of sp³-hybridized carbons (Fsp3) is 0.462. The first-order valence-corrected chi connectivity index (χ1v) is 8.12. The number of hydrogen-bond donors (Lipinski definition) is 2. The van der Waals surface area contributed by atoms with Gasteiger partial charge in [-0.2, -0.15) is 5.26 Å². The van der Waals surface area contributed by atoms with Crippen molar-refractivity contribution in [2.24, 2.45) is 11.7 Å². The lowest BCUT2D eigenvalue weighted by atomic mass is 9.98. The van der Waals surface area contributed by atoms with Crippen LogP contribution in [0.5, 0.6) is 0 Å². The number of nitriles is 1. The van der Waals surface area contributed by atoms with Crippen LogP contribution in [0.1, 0.15) is 25.3 Å². The molecule has 0 heterocycles. The van der Waals surface area contributed by atoms with Crippen molar-refractivity contribution in [3.05, 3.63) is 28.8 Å². The van der Waals surface area contributed by atoms with E-state index in [0.29, 0.717) is 0 Å². The molecule has 1 aromatic carbocycles. The maximum atomic E-state index is 12.5. The Balaban J connectivity index is 2.38. The zero-order valence-electron chi connectivity index (χ0n) is 11.1. The summed E-state index contributed by atoms with van der Waals surface area (Å²) in [6, 6.07) is 6.06. The lowest BCUT2D eigenvalue weighted by Crippen LogP contribution is -2.53. The summed E-state index contributed by atoms with van der Waals surface area (Å²) in [5, 5.41) is 8.96. The molecular formula is C13H16ClN3O2S. The molecule has 0 bridgehead atoms. The van der Waals surface area contributed by atoms with Gasteiger partial charge in [-0.1, -0.05) is 11.6 Å². The van der Waals surface area contributed by atoms with Crippen molar-refractivity contribution in [2.75, 3.05) is 6.54 Å². The third kappa shape index (κ3) is 2.96. The third-order valence-corrected chi connectivity index (χ3v) is 5.71. The second-order valence-electron chi connectivity index (χ2n) is 5.26. The summed E-state index contributed by atoms with van der Waals surface area (Å²) in [7, 11) is -3.81. The number of nitrogens with zero attached hydrogens (tertiary/aromatic N) is 1. The van der Waals surface area contributed by atoms with Crippen LogP contribution in [0, 0.1) is 17.2 Å². The minimum Gasteiger partial charge on any atom is -0.329 e. The molecule has 1 fully saturated rings. The number of halogens is 1. The Morgan fingerprint density at radius 1 is 1.55 bits per heavy atom. The maximum Gasteiger partial charge on any atom is 0.242 e. The molecule has 1 saturated carbocycles. The second kappa shape index (κ2) is 5.34. The number of rotatable bonds is 5. The van der Waals surface area contributed by atoms with Crippen LogP contribution in [0.15, 0.2) is 23.1 Å². The first-order valence-electron chi connectivity index (χ1n) is 6.26. The average Bonchev–Trinajstić information content (AvgIpc) is 3.23. The topological polar surface area (TPSA) is 96.0 Å². The van der Waals surface area contributed by atoms with Crippen molar-refractivity contribution in [1.82, 2.24) is 4.72 Å². The van der Waals surface area contributed by atoms with E-state index in [9.17, 15) is 8.42 Å². The highest BCUT2D eigenvalue weighted by atomic mass is 35.5. The van der Waals surface area contributed by atoms with Gasteiger partial charge in [0, 0.05) is 12.1 Å². The molecule has 0 amide bonds. The molecule has 5 nitrogen and oxygen atoms in total. The molecule has 0 radical (unpaired) electrons. The van der Waals surface area contributed by atoms with Gasteiger partial charge >= 0.3 is 0 Å². The van der Waals surface area contributed by atoms with Gasteiger partial charge in [0.15, 0.2) is 0 Å². The van der Waals surface area contributed by atoms with Crippen LogP contribution in [-0.4, -0.2) is 20.5 Å². The summed E-state index contributed by atoms with van der Waals surface area (Å²) in [6.07, 6.45) is 1.92. The van der Waals surface area contributed by atoms with Gasteiger partial charge in [-0.15, -0.1) is 0 Å². The zero-order valence-corrected chi connectivity index (χ0v) is 12.6. The minimum absolute atomic E-state index is 0.0847. The van der Waals surface area contributed by atoms with Crippen LogP contribution in [-0.2, 0) is 10.0 Å². The standard InChI is InChI=1S/C13H16ClN3O2S/c1-13(8-16,10-3-4-10)17-20(18,19)12-6-9(7-15)2-5-11(12)14/h2,5-6,10,17H,3-4,8,16H2,1H3. The van der Waals surface area contributed by atoms with E-state index < -0.39 is 15.6 Å². The van der Waals surface area contributed by atoms with Gasteiger partial charge in [-0.3, -0.25) is 0 Å². The molecule has 1 unspecified atom stereocenters. The number of benzene rings is 1. The molecule has 0 saturated heterocycles. The number of nitrogens with one attached hydrogen (secondary N) is 1. The number of nitrogens with two attached hydrogens (primary N) is 1. The molecular weight excluding hydrogens is 298 g/mol. The summed E-state index contributed by atoms with van der Waals surface area (Å²) in [4.78, 5) is -0.0847. The van der Waals surface area contributed by atoms with Crippen molar-refractivity contribution < 1.29 is 8.42 Å². The van der Waals surface area contributed by atoms with Crippen molar-refractivity contribution in [1.29, 1.82) is 5.26 Å². The monoisotopic (exact) mass is 313 g/mol. The molecule has 108 valence electrons. The number of hydrogen-bond acceptors (Lipinski definition) is 4. The molecule has 1 aliphatic carbocycles. The van der Waals surface area contributed by atoms with Gasteiger partial charge < -0.3 is 5.73 Å². The van der Waals surface area contributed by atoms with Crippen molar-refractivity contribution in [3.63, 3.8) is 0 Å². The van der Waals surface area contributed by atoms with E-state index in [2.05, 4.69) is 4.72 Å². The average molecular weight is 314 g/mol. The van der Waals surface area contributed by atoms with Crippen LogP contribution < -0.4 is 10.5 Å². The Labute approximate surface area is 123 Å². The molecule has 1 aromatic rings. The van der Waals surface area contributed by atoms with Gasteiger partial charge in [0.05, 0.1) is 16.7 Å². The van der Waals surface area contributed by atoms with E-state index in [4.69, 9.17) is 22.6 Å². The molecule has 3 N–H and O–H groups in total. The Morgan fingerprint density at radius 2 is 2.20 bits per heavy atom. The molecule has 20 heavy (non-hydrogen) atoms. The normalized spacial score (nSPS) is 18.3. The summed E-state index contributed by atoms with van der Waals surface area (Å²) in [5.41, 5.74) is 5.29. The highest BCUT2D eigenvalue weighted by Crippen LogP contribution is 2.40. The van der Waals surface area contributed by atoms with Crippen LogP contribution >= 0.6 is 11.6 Å². The first-order chi connectivity index (χ1) is 9.32. The maximum absolute atomic E-state index is 12.5. The highest BCUT2D eigenvalue weighted by molar-refractivity contribution is 7.89. The van der Waals surface area contributed by atoms with E-state index in [1.54, 1.807) is 6.92 Å². The SMILES string of the molecule is CC(CN)(NS(=O)(=O)c1cc(C#N)ccc1Cl)C1CC1. The molecule has 0 aromatic heterocycles. The Morgan fingerprint density at radius 3 is 2.70 bits per heavy atom. The fourth-order valence-corrected chi connectivity index (χ4v) is 4.16. The quantitative estimate of drug-likeness (QED) is 0.863. The van der Waals surface area contributed by atoms with Gasteiger partial charge in [-0.05, 0) is 43.9 Å². The molecule has 2 rings (SSSR count). The summed E-state index contributed by atoms with van der Waals surface area (Å²) < 4.78 is 27.6. The Kier molecular flexibility index (Phi) is 4.07. The van der Waals surface area contributed by atoms with Gasteiger partial charge in [0.1, 0.15) is 4.90 Å². The minimum atomic E-state index is -3.81. The van der Waals surface area contributed by atoms with Crippen molar-refractivity contribution in [2.45, 2.75) is 30.2 Å². The lowest BCUT2D eigenvalue weighted by molar-refractivity contribution is 0.374. The van der Waals surface area contributed by atoms with Gasteiger partial charge in [0.2, 0.25) is 10.0 Å². The van der Waals surface area contributed by atoms with E-state index in [-0.39, 0.29) is 27.9 Å². The van der Waals surface area contributed by atoms with Gasteiger partial charge in [0.25, 0.3) is 0 Å². The highest BCUT2D eigenvalue weighted by Gasteiger charge is 2.43. The molecule has 7 heteroatoms. The summed E-state index contributed by atoms with van der Waals surface area (Å²) in [5.74, 6) is 0.250. The van der Waals surface area contributed by atoms with E-state index >= 15 is 0 Å². The number of sulfonamides is 1. The molecule has 0 spiro atoms. The predicted octanol–water partition coefficient (Wildman–Crippen LogP) is 1.62. The van der Waals surface area contributed by atoms with E-state index in [1.807, 2.05) is 6.07 Å². The largest absolute Gasteiger partial charge is 0.329 e. The van der Waals surface area contributed by atoms with E-state index in [0.717, 1.165) is 12.8 Å². The molecule has 0 aliphatic heterocycles. The fourth-order valence-electron chi connectivity index (χ4n) is 2.15. The van der Waals surface area contributed by atoms with E-state index in [1.165, 1.54) is 18.2 Å². The molecule has 1 atom stereocenters. The van der Waals surface area contributed by atoms with Crippen LogP contribution in [0.25, 0.3) is 0 Å². The van der Waals surface area contributed by atoms with Gasteiger partial charge in [-0.25, -0.2) is 13.1 Å². The van der Waals surface area contributed by atoms with Crippen LogP contribution in [0.2, 0.25) is 5.02 Å². The predicted molar refractivity (Wildman–Crippen MR) is 76.7 cm³/mol. The Bertz CT molecular complexity index is 665. The lowest BCUT2D eigenvalue weighted by Gasteiger charge is -2.29. The molecule has 1 aliphatic rings. The van der Waals surface area contributed by atoms with Crippen molar-refractivity contribution >= 4 is 21.6 Å². The zero-order chi connectivity index (χ0) is 15.0. The second-order valence-corrected chi connectivity index (χ2v) is 7.32. The first kappa shape index (κ1) is 15.3.